The molecule has 0 bridgehead atoms. The minimum absolute atomic E-state index is 0.173. The van der Waals surface area contributed by atoms with Gasteiger partial charge in [-0.25, -0.2) is 4.90 Å². The average Bonchev–Trinajstić information content (AvgIpc) is 3.04. The van der Waals surface area contributed by atoms with E-state index in [0.29, 0.717) is 47.0 Å². The first-order chi connectivity index (χ1) is 15.4. The molecule has 1 fully saturated rings. The van der Waals surface area contributed by atoms with Gasteiger partial charge in [0, 0.05) is 38.8 Å². The van der Waals surface area contributed by atoms with Gasteiger partial charge in [-0.3, -0.25) is 14.4 Å². The standard InChI is InChI=1S/C24H26N4O4/c1-16(29)25-18-6-4-17(5-7-18)21-22(27-14-12-26(2)13-15-27)24(31)28(23(21)30)19-8-10-20(32-3)11-9-19/h4-11H,12-15H2,1-3H3,(H,25,29). The van der Waals surface area contributed by atoms with Crippen LogP contribution in [0.5, 0.6) is 5.75 Å². The normalized spacial score (nSPS) is 17.2. The van der Waals surface area contributed by atoms with Gasteiger partial charge in [0.15, 0.2) is 0 Å². The summed E-state index contributed by atoms with van der Waals surface area (Å²) >= 11 is 0. The van der Waals surface area contributed by atoms with E-state index < -0.39 is 0 Å². The molecular formula is C24H26N4O4. The van der Waals surface area contributed by atoms with Crippen LogP contribution in [0.2, 0.25) is 0 Å². The molecule has 2 aromatic carbocycles. The third-order valence-corrected chi connectivity index (χ3v) is 5.70. The molecule has 0 unspecified atom stereocenters. The molecule has 0 aromatic heterocycles. The van der Waals surface area contributed by atoms with Crippen molar-refractivity contribution in [1.82, 2.24) is 9.80 Å². The van der Waals surface area contributed by atoms with Crippen LogP contribution >= 0.6 is 0 Å². The molecule has 0 aliphatic carbocycles. The highest BCUT2D eigenvalue weighted by Gasteiger charge is 2.42. The largest absolute Gasteiger partial charge is 0.497 e. The first kappa shape index (κ1) is 21.6. The van der Waals surface area contributed by atoms with Crippen LogP contribution in [0.25, 0.3) is 5.57 Å². The van der Waals surface area contributed by atoms with Crippen LogP contribution in [0.1, 0.15) is 12.5 Å². The lowest BCUT2D eigenvalue weighted by Crippen LogP contribution is -2.46. The summed E-state index contributed by atoms with van der Waals surface area (Å²) in [4.78, 5) is 43.9. The molecule has 0 atom stereocenters. The lowest BCUT2D eigenvalue weighted by atomic mass is 10.0. The topological polar surface area (TPSA) is 82.2 Å². The molecule has 32 heavy (non-hydrogen) atoms. The van der Waals surface area contributed by atoms with Gasteiger partial charge in [0.2, 0.25) is 5.91 Å². The smallest absolute Gasteiger partial charge is 0.282 e. The number of carbonyl (C=O) groups excluding carboxylic acids is 3. The highest BCUT2D eigenvalue weighted by Crippen LogP contribution is 2.36. The predicted molar refractivity (Wildman–Crippen MR) is 122 cm³/mol. The summed E-state index contributed by atoms with van der Waals surface area (Å²) in [5.74, 6) is -0.214. The van der Waals surface area contributed by atoms with E-state index in [1.165, 1.54) is 11.8 Å². The first-order valence-corrected chi connectivity index (χ1v) is 10.5. The number of anilines is 2. The average molecular weight is 434 g/mol. The van der Waals surface area contributed by atoms with E-state index >= 15 is 0 Å². The Morgan fingerprint density at radius 1 is 0.906 bits per heavy atom. The van der Waals surface area contributed by atoms with Crippen LogP contribution in [0.15, 0.2) is 54.2 Å². The summed E-state index contributed by atoms with van der Waals surface area (Å²) in [5.41, 5.74) is 2.57. The van der Waals surface area contributed by atoms with Crippen molar-refractivity contribution in [2.75, 3.05) is 50.6 Å². The number of carbonyl (C=O) groups is 3. The molecule has 1 saturated heterocycles. The van der Waals surface area contributed by atoms with Crippen molar-refractivity contribution in [3.8, 4) is 5.75 Å². The van der Waals surface area contributed by atoms with Gasteiger partial charge >= 0.3 is 0 Å². The second kappa shape index (κ2) is 8.84. The van der Waals surface area contributed by atoms with Crippen LogP contribution in [0, 0.1) is 0 Å². The summed E-state index contributed by atoms with van der Waals surface area (Å²) in [6.07, 6.45) is 0. The maximum atomic E-state index is 13.6. The van der Waals surface area contributed by atoms with Gasteiger partial charge in [-0.1, -0.05) is 12.1 Å². The molecule has 8 nitrogen and oxygen atoms in total. The molecule has 2 aliphatic heterocycles. The van der Waals surface area contributed by atoms with Gasteiger partial charge in [-0.15, -0.1) is 0 Å². The fraction of sp³-hybridized carbons (Fsp3) is 0.292. The fourth-order valence-electron chi connectivity index (χ4n) is 3.99. The van der Waals surface area contributed by atoms with Gasteiger partial charge in [-0.05, 0) is 49.0 Å². The molecular weight excluding hydrogens is 408 g/mol. The number of rotatable bonds is 5. The van der Waals surface area contributed by atoms with Crippen molar-refractivity contribution < 1.29 is 19.1 Å². The fourth-order valence-corrected chi connectivity index (χ4v) is 3.99. The van der Waals surface area contributed by atoms with Gasteiger partial charge in [0.1, 0.15) is 11.4 Å². The number of likely N-dealkylation sites (N-methyl/N-ethyl adjacent to an activating group) is 1. The highest BCUT2D eigenvalue weighted by atomic mass is 16.5. The lowest BCUT2D eigenvalue weighted by molar-refractivity contribution is -0.121. The molecule has 0 radical (unpaired) electrons. The minimum atomic E-state index is -0.360. The summed E-state index contributed by atoms with van der Waals surface area (Å²) in [6.45, 7) is 4.38. The van der Waals surface area contributed by atoms with Crippen LogP contribution in [0.4, 0.5) is 11.4 Å². The third-order valence-electron chi connectivity index (χ3n) is 5.70. The zero-order valence-electron chi connectivity index (χ0n) is 18.4. The van der Waals surface area contributed by atoms with E-state index in [2.05, 4.69) is 10.2 Å². The molecule has 2 aliphatic rings. The number of amides is 3. The number of nitrogens with one attached hydrogen (secondary N) is 1. The second-order valence-electron chi connectivity index (χ2n) is 7.92. The van der Waals surface area contributed by atoms with Crippen molar-refractivity contribution in [1.29, 1.82) is 0 Å². The van der Waals surface area contributed by atoms with E-state index in [4.69, 9.17) is 4.74 Å². The number of benzene rings is 2. The van der Waals surface area contributed by atoms with Gasteiger partial charge in [-0.2, -0.15) is 0 Å². The van der Waals surface area contributed by atoms with Crippen LogP contribution in [-0.2, 0) is 14.4 Å². The number of hydrogen-bond donors (Lipinski definition) is 1. The highest BCUT2D eigenvalue weighted by molar-refractivity contribution is 6.45. The maximum Gasteiger partial charge on any atom is 0.282 e. The van der Waals surface area contributed by atoms with Crippen molar-refractivity contribution in [3.63, 3.8) is 0 Å². The van der Waals surface area contributed by atoms with E-state index in [0.717, 1.165) is 13.1 Å². The van der Waals surface area contributed by atoms with Crippen molar-refractivity contribution in [2.24, 2.45) is 0 Å². The number of methoxy groups -OCH3 is 1. The first-order valence-electron chi connectivity index (χ1n) is 10.5. The predicted octanol–water partition coefficient (Wildman–Crippen LogP) is 2.19. The summed E-state index contributed by atoms with van der Waals surface area (Å²) in [5, 5.41) is 2.72. The molecule has 2 aromatic rings. The van der Waals surface area contributed by atoms with E-state index in [1.54, 1.807) is 55.6 Å². The van der Waals surface area contributed by atoms with Crippen LogP contribution in [-0.4, -0.2) is 67.9 Å². The molecule has 4 rings (SSSR count). The maximum absolute atomic E-state index is 13.6. The van der Waals surface area contributed by atoms with Gasteiger partial charge in [0.05, 0.1) is 18.4 Å². The molecule has 0 spiro atoms. The van der Waals surface area contributed by atoms with Crippen LogP contribution < -0.4 is 15.0 Å². The van der Waals surface area contributed by atoms with Gasteiger partial charge in [0.25, 0.3) is 11.8 Å². The number of hydrogen-bond acceptors (Lipinski definition) is 6. The Morgan fingerprint density at radius 2 is 1.53 bits per heavy atom. The Hall–Kier alpha value is -3.65. The molecule has 3 amide bonds. The molecule has 0 saturated carbocycles. The quantitative estimate of drug-likeness (QED) is 0.727. The van der Waals surface area contributed by atoms with Crippen LogP contribution in [0.3, 0.4) is 0 Å². The molecule has 166 valence electrons. The Kier molecular flexibility index (Phi) is 5.96. The van der Waals surface area contributed by atoms with Gasteiger partial charge < -0.3 is 19.9 Å². The molecule has 1 N–H and O–H groups in total. The van der Waals surface area contributed by atoms with E-state index in [9.17, 15) is 14.4 Å². The number of piperazine rings is 1. The van der Waals surface area contributed by atoms with Crippen molar-refractivity contribution >= 4 is 34.7 Å². The molecule has 2 heterocycles. The Morgan fingerprint density at radius 3 is 2.09 bits per heavy atom. The van der Waals surface area contributed by atoms with E-state index in [1.807, 2.05) is 11.9 Å². The summed E-state index contributed by atoms with van der Waals surface area (Å²) in [7, 11) is 3.61. The second-order valence-corrected chi connectivity index (χ2v) is 7.92. The summed E-state index contributed by atoms with van der Waals surface area (Å²) in [6, 6.07) is 13.9. The third kappa shape index (κ3) is 4.09. The Labute approximate surface area is 187 Å². The molecule has 8 heteroatoms. The number of nitrogens with zero attached hydrogens (tertiary/aromatic N) is 3. The number of ether oxygens (including phenoxy) is 1. The SMILES string of the molecule is COc1ccc(N2C(=O)C(c3ccc(NC(C)=O)cc3)=C(N3CCN(C)CC3)C2=O)cc1. The zero-order chi connectivity index (χ0) is 22.8. The van der Waals surface area contributed by atoms with Crippen molar-refractivity contribution in [2.45, 2.75) is 6.92 Å². The van der Waals surface area contributed by atoms with Crippen molar-refractivity contribution in [3.05, 3.63) is 59.8 Å². The Balaban J connectivity index is 1.74. The zero-order valence-corrected chi connectivity index (χ0v) is 18.4. The van der Waals surface area contributed by atoms with E-state index in [-0.39, 0.29) is 17.7 Å². The lowest BCUT2D eigenvalue weighted by Gasteiger charge is -2.34. The number of imide groups is 1. The summed E-state index contributed by atoms with van der Waals surface area (Å²) < 4.78 is 5.20. The Bertz CT molecular complexity index is 1070. The monoisotopic (exact) mass is 434 g/mol. The minimum Gasteiger partial charge on any atom is -0.497 e.